The van der Waals surface area contributed by atoms with Crippen LogP contribution in [0.15, 0.2) is 12.1 Å². The molecule has 0 aliphatic heterocycles. The molecule has 1 N–H and O–H groups in total. The maximum absolute atomic E-state index is 10.7. The molecule has 0 aliphatic carbocycles. The number of aryl methyl sites for hydroxylation is 2. The van der Waals surface area contributed by atoms with E-state index in [1.165, 1.54) is 0 Å². The molecule has 1 aromatic carbocycles. The van der Waals surface area contributed by atoms with E-state index in [-0.39, 0.29) is 5.24 Å². The Hall–Kier alpha value is -1.16. The summed E-state index contributed by atoms with van der Waals surface area (Å²) in [6, 6.07) is 4.01. The van der Waals surface area contributed by atoms with E-state index in [0.717, 1.165) is 22.4 Å². The lowest BCUT2D eigenvalue weighted by atomic mass is 10.0. The third-order valence-electron chi connectivity index (χ3n) is 2.21. The molecule has 0 bridgehead atoms. The molecule has 0 atom stereocenters. The van der Waals surface area contributed by atoms with Crippen molar-refractivity contribution >= 4 is 17.9 Å². The highest BCUT2D eigenvalue weighted by Gasteiger charge is 2.07. The van der Waals surface area contributed by atoms with Crippen LogP contribution in [0.3, 0.4) is 0 Å². The van der Waals surface area contributed by atoms with Gasteiger partial charge in [0.05, 0.1) is 7.11 Å². The fourth-order valence-corrected chi connectivity index (χ4v) is 1.61. The van der Waals surface area contributed by atoms with E-state index >= 15 is 0 Å². The van der Waals surface area contributed by atoms with E-state index in [2.05, 4.69) is 24.0 Å². The Balaban J connectivity index is 2.98. The number of benzene rings is 1. The van der Waals surface area contributed by atoms with Crippen LogP contribution in [0.25, 0.3) is 0 Å². The Morgan fingerprint density at radius 3 is 2.67 bits per heavy atom. The largest absolute Gasteiger partial charge is 0.496 e. The van der Waals surface area contributed by atoms with Crippen molar-refractivity contribution in [3.63, 3.8) is 0 Å². The summed E-state index contributed by atoms with van der Waals surface area (Å²) in [6.07, 6.45) is 0. The number of nitrogens with one attached hydrogen (secondary N) is 1. The first kappa shape index (κ1) is 11.9. The van der Waals surface area contributed by atoms with Gasteiger partial charge >= 0.3 is 0 Å². The molecule has 82 valence electrons. The number of ether oxygens (including phenoxy) is 1. The van der Waals surface area contributed by atoms with Crippen molar-refractivity contribution in [1.29, 1.82) is 0 Å². The second-order valence-electron chi connectivity index (χ2n) is 3.42. The molecule has 0 aliphatic rings. The average molecular weight is 225 g/mol. The van der Waals surface area contributed by atoms with Crippen LogP contribution in [0.2, 0.25) is 0 Å². The molecule has 1 rings (SSSR count). The summed E-state index contributed by atoms with van der Waals surface area (Å²) >= 11 is 3.66. The van der Waals surface area contributed by atoms with Crippen LogP contribution in [0.1, 0.15) is 16.7 Å². The number of amides is 1. The smallest absolute Gasteiger partial charge is 0.276 e. The molecule has 0 saturated carbocycles. The third kappa shape index (κ3) is 3.16. The third-order valence-corrected chi connectivity index (χ3v) is 2.37. The Morgan fingerprint density at radius 1 is 1.47 bits per heavy atom. The number of carbonyl (C=O) groups is 1. The second kappa shape index (κ2) is 5.07. The molecule has 0 fully saturated rings. The van der Waals surface area contributed by atoms with Gasteiger partial charge in [0.1, 0.15) is 5.75 Å². The zero-order valence-electron chi connectivity index (χ0n) is 9.13. The predicted molar refractivity (Wildman–Crippen MR) is 63.7 cm³/mol. The van der Waals surface area contributed by atoms with Gasteiger partial charge in [0.15, 0.2) is 0 Å². The van der Waals surface area contributed by atoms with Crippen LogP contribution >= 0.6 is 12.6 Å². The summed E-state index contributed by atoms with van der Waals surface area (Å²) < 4.78 is 5.26. The number of carbonyl (C=O) groups excluding carboxylic acids is 1. The van der Waals surface area contributed by atoms with Crippen molar-refractivity contribution < 1.29 is 9.53 Å². The molecule has 0 unspecified atom stereocenters. The highest BCUT2D eigenvalue weighted by Crippen LogP contribution is 2.23. The van der Waals surface area contributed by atoms with Gasteiger partial charge in [0.2, 0.25) is 0 Å². The predicted octanol–water partition coefficient (Wildman–Crippen LogP) is 2.45. The first-order valence-corrected chi connectivity index (χ1v) is 5.10. The molecule has 1 aromatic rings. The molecular weight excluding hydrogens is 210 g/mol. The molecule has 0 spiro atoms. The highest BCUT2D eigenvalue weighted by molar-refractivity contribution is 7.96. The monoisotopic (exact) mass is 225 g/mol. The fraction of sp³-hybridized carbons (Fsp3) is 0.364. The Kier molecular flexibility index (Phi) is 4.03. The number of hydrogen-bond donors (Lipinski definition) is 2. The summed E-state index contributed by atoms with van der Waals surface area (Å²) in [4.78, 5) is 10.7. The minimum absolute atomic E-state index is 0.336. The van der Waals surface area contributed by atoms with Crippen LogP contribution in [0.4, 0.5) is 4.79 Å². The number of rotatable bonds is 3. The normalized spacial score (nSPS) is 9.87. The molecule has 15 heavy (non-hydrogen) atoms. The molecule has 0 saturated heterocycles. The van der Waals surface area contributed by atoms with Crippen LogP contribution in [0, 0.1) is 13.8 Å². The van der Waals surface area contributed by atoms with Crippen molar-refractivity contribution in [2.45, 2.75) is 20.4 Å². The number of thiol groups is 1. The maximum Gasteiger partial charge on any atom is 0.276 e. The fourth-order valence-electron chi connectivity index (χ4n) is 1.53. The van der Waals surface area contributed by atoms with Gasteiger partial charge in [-0.25, -0.2) is 0 Å². The van der Waals surface area contributed by atoms with Crippen LogP contribution < -0.4 is 10.1 Å². The van der Waals surface area contributed by atoms with E-state index in [4.69, 9.17) is 4.74 Å². The summed E-state index contributed by atoms with van der Waals surface area (Å²) in [5.74, 6) is 0.801. The van der Waals surface area contributed by atoms with Gasteiger partial charge in [-0.15, -0.1) is 0 Å². The topological polar surface area (TPSA) is 38.3 Å². The molecule has 3 nitrogen and oxygen atoms in total. The van der Waals surface area contributed by atoms with E-state index in [1.807, 2.05) is 19.9 Å². The van der Waals surface area contributed by atoms with Crippen molar-refractivity contribution in [3.8, 4) is 5.75 Å². The summed E-state index contributed by atoms with van der Waals surface area (Å²) in [5, 5.41) is 2.31. The number of hydrogen-bond acceptors (Lipinski definition) is 2. The van der Waals surface area contributed by atoms with Gasteiger partial charge < -0.3 is 10.1 Å². The van der Waals surface area contributed by atoms with E-state index in [0.29, 0.717) is 6.54 Å². The quantitative estimate of drug-likeness (QED) is 0.775. The van der Waals surface area contributed by atoms with Crippen LogP contribution in [-0.2, 0) is 6.54 Å². The molecule has 4 heteroatoms. The zero-order valence-corrected chi connectivity index (χ0v) is 10.0. The lowest BCUT2D eigenvalue weighted by Crippen LogP contribution is -2.17. The molecule has 0 radical (unpaired) electrons. The Bertz CT molecular complexity index is 377. The van der Waals surface area contributed by atoms with Crippen molar-refractivity contribution in [2.75, 3.05) is 7.11 Å². The minimum atomic E-state index is -0.336. The lowest BCUT2D eigenvalue weighted by Gasteiger charge is -2.12. The summed E-state index contributed by atoms with van der Waals surface area (Å²) in [6.45, 7) is 4.45. The first-order valence-electron chi connectivity index (χ1n) is 4.65. The van der Waals surface area contributed by atoms with Gasteiger partial charge in [-0.05, 0) is 31.0 Å². The summed E-state index contributed by atoms with van der Waals surface area (Å²) in [7, 11) is 1.63. The van der Waals surface area contributed by atoms with Crippen LogP contribution in [0.5, 0.6) is 5.75 Å². The second-order valence-corrected chi connectivity index (χ2v) is 3.83. The maximum atomic E-state index is 10.7. The SMILES string of the molecule is COc1cc(C)cc(C)c1CNC(=O)S. The molecule has 0 heterocycles. The molecule has 1 amide bonds. The number of methoxy groups -OCH3 is 1. The van der Waals surface area contributed by atoms with E-state index < -0.39 is 0 Å². The van der Waals surface area contributed by atoms with Crippen molar-refractivity contribution in [2.24, 2.45) is 0 Å². The lowest BCUT2D eigenvalue weighted by molar-refractivity contribution is 0.260. The van der Waals surface area contributed by atoms with Gasteiger partial charge in [-0.2, -0.15) is 0 Å². The summed E-state index contributed by atoms with van der Waals surface area (Å²) in [5.41, 5.74) is 3.24. The van der Waals surface area contributed by atoms with Crippen molar-refractivity contribution in [3.05, 3.63) is 28.8 Å². The van der Waals surface area contributed by atoms with Gasteiger partial charge in [-0.3, -0.25) is 4.79 Å². The van der Waals surface area contributed by atoms with Gasteiger partial charge in [0, 0.05) is 12.1 Å². The highest BCUT2D eigenvalue weighted by atomic mass is 32.1. The standard InChI is InChI=1S/C11H15NO2S/c1-7-4-8(2)9(6-12-11(13)15)10(5-7)14-3/h4-5H,6H2,1-3H3,(H2,12,13,15). The minimum Gasteiger partial charge on any atom is -0.496 e. The molecule has 0 aromatic heterocycles. The Labute approximate surface area is 95.2 Å². The van der Waals surface area contributed by atoms with E-state index in [9.17, 15) is 4.79 Å². The van der Waals surface area contributed by atoms with Gasteiger partial charge in [-0.1, -0.05) is 18.7 Å². The van der Waals surface area contributed by atoms with Crippen LogP contribution in [-0.4, -0.2) is 12.3 Å². The van der Waals surface area contributed by atoms with Gasteiger partial charge in [0.25, 0.3) is 5.24 Å². The Morgan fingerprint density at radius 2 is 2.13 bits per heavy atom. The average Bonchev–Trinajstić information content (AvgIpc) is 2.14. The zero-order chi connectivity index (χ0) is 11.4. The van der Waals surface area contributed by atoms with Crippen molar-refractivity contribution in [1.82, 2.24) is 5.32 Å². The molecular formula is C11H15NO2S. The van der Waals surface area contributed by atoms with E-state index in [1.54, 1.807) is 7.11 Å². The first-order chi connectivity index (χ1) is 7.04.